The maximum Gasteiger partial charge on any atom is 0.136 e. The van der Waals surface area contributed by atoms with Crippen LogP contribution < -0.4 is 0 Å². The summed E-state index contributed by atoms with van der Waals surface area (Å²) in [6, 6.07) is 29.6. The maximum absolute atomic E-state index is 6.07. The van der Waals surface area contributed by atoms with Crippen molar-refractivity contribution < 1.29 is 4.42 Å². The number of para-hydroxylation sites is 1. The van der Waals surface area contributed by atoms with Gasteiger partial charge in [-0.2, -0.15) is 0 Å². The second kappa shape index (κ2) is 4.72. The Bertz CT molecular complexity index is 1130. The molecule has 0 aliphatic carbocycles. The molecule has 0 spiro atoms. The van der Waals surface area contributed by atoms with Crippen LogP contribution in [-0.2, 0) is 0 Å². The van der Waals surface area contributed by atoms with Gasteiger partial charge >= 0.3 is 0 Å². The van der Waals surface area contributed by atoms with E-state index >= 15 is 0 Å². The molecule has 0 fully saturated rings. The highest BCUT2D eigenvalue weighted by molar-refractivity contribution is 6.05. The van der Waals surface area contributed by atoms with Gasteiger partial charge in [0, 0.05) is 10.9 Å². The molecule has 1 aromatic heterocycles. The van der Waals surface area contributed by atoms with E-state index in [0.29, 0.717) is 0 Å². The lowest BCUT2D eigenvalue weighted by Crippen LogP contribution is -1.80. The number of hydrogen-bond acceptors (Lipinski definition) is 1. The molecule has 108 valence electrons. The van der Waals surface area contributed by atoms with Crippen molar-refractivity contribution in [3.05, 3.63) is 84.9 Å². The molecule has 0 saturated heterocycles. The molecule has 0 atom stereocenters. The minimum absolute atomic E-state index is 0.923. The van der Waals surface area contributed by atoms with Crippen LogP contribution in [0.4, 0.5) is 0 Å². The Morgan fingerprint density at radius 3 is 2.04 bits per heavy atom. The van der Waals surface area contributed by atoms with Crippen LogP contribution in [0.1, 0.15) is 0 Å². The molecule has 1 heterocycles. The fourth-order valence-corrected chi connectivity index (χ4v) is 3.30. The average Bonchev–Trinajstić information content (AvgIpc) is 3.03. The molecule has 5 aromatic rings. The zero-order valence-electron chi connectivity index (χ0n) is 12.5. The summed E-state index contributed by atoms with van der Waals surface area (Å²) in [5.74, 6) is 0.923. The summed E-state index contributed by atoms with van der Waals surface area (Å²) in [6.45, 7) is 0. The minimum Gasteiger partial charge on any atom is -0.456 e. The molecule has 0 radical (unpaired) electrons. The van der Waals surface area contributed by atoms with Crippen LogP contribution in [0.2, 0.25) is 0 Å². The maximum atomic E-state index is 6.07. The SMILES string of the molecule is c1ccc2cc3c(-c4cc5ccccc5o4)cccc3cc2c1. The minimum atomic E-state index is 0.923. The fraction of sp³-hybridized carbons (Fsp3) is 0. The van der Waals surface area contributed by atoms with Crippen LogP contribution in [0.3, 0.4) is 0 Å². The van der Waals surface area contributed by atoms with Crippen LogP contribution in [0.15, 0.2) is 89.3 Å². The molecule has 5 rings (SSSR count). The molecule has 23 heavy (non-hydrogen) atoms. The van der Waals surface area contributed by atoms with E-state index < -0.39 is 0 Å². The van der Waals surface area contributed by atoms with Crippen LogP contribution in [-0.4, -0.2) is 0 Å². The van der Waals surface area contributed by atoms with E-state index in [1.807, 2.05) is 18.2 Å². The average molecular weight is 294 g/mol. The number of rotatable bonds is 1. The largest absolute Gasteiger partial charge is 0.456 e. The lowest BCUT2D eigenvalue weighted by Gasteiger charge is -2.06. The van der Waals surface area contributed by atoms with E-state index in [-0.39, 0.29) is 0 Å². The van der Waals surface area contributed by atoms with Crippen LogP contribution in [0, 0.1) is 0 Å². The van der Waals surface area contributed by atoms with Crippen molar-refractivity contribution in [1.82, 2.24) is 0 Å². The second-order valence-corrected chi connectivity index (χ2v) is 5.87. The van der Waals surface area contributed by atoms with Crippen molar-refractivity contribution >= 4 is 32.5 Å². The van der Waals surface area contributed by atoms with Crippen molar-refractivity contribution in [2.24, 2.45) is 0 Å². The molecule has 0 saturated carbocycles. The van der Waals surface area contributed by atoms with E-state index in [0.717, 1.165) is 22.3 Å². The molecule has 0 aliphatic heterocycles. The van der Waals surface area contributed by atoms with Gasteiger partial charge < -0.3 is 4.42 Å². The lowest BCUT2D eigenvalue weighted by atomic mass is 9.98. The van der Waals surface area contributed by atoms with Gasteiger partial charge in [-0.25, -0.2) is 0 Å². The normalized spacial score (nSPS) is 11.5. The Morgan fingerprint density at radius 2 is 1.22 bits per heavy atom. The van der Waals surface area contributed by atoms with Crippen molar-refractivity contribution in [1.29, 1.82) is 0 Å². The zero-order chi connectivity index (χ0) is 15.2. The highest BCUT2D eigenvalue weighted by Gasteiger charge is 2.10. The molecule has 0 aliphatic rings. The molecule has 4 aromatic carbocycles. The molecule has 1 nitrogen and oxygen atoms in total. The molecule has 0 amide bonds. The van der Waals surface area contributed by atoms with Gasteiger partial charge in [-0.3, -0.25) is 0 Å². The van der Waals surface area contributed by atoms with Gasteiger partial charge in [-0.15, -0.1) is 0 Å². The predicted molar refractivity (Wildman–Crippen MR) is 96.7 cm³/mol. The van der Waals surface area contributed by atoms with E-state index in [1.54, 1.807) is 0 Å². The van der Waals surface area contributed by atoms with Gasteiger partial charge in [-0.1, -0.05) is 60.7 Å². The third kappa shape index (κ3) is 1.94. The van der Waals surface area contributed by atoms with Gasteiger partial charge in [0.15, 0.2) is 0 Å². The summed E-state index contributed by atoms with van der Waals surface area (Å²) in [7, 11) is 0. The van der Waals surface area contributed by atoms with Gasteiger partial charge in [-0.05, 0) is 45.8 Å². The fourth-order valence-electron chi connectivity index (χ4n) is 3.30. The summed E-state index contributed by atoms with van der Waals surface area (Å²) in [6.07, 6.45) is 0. The number of hydrogen-bond donors (Lipinski definition) is 0. The quantitative estimate of drug-likeness (QED) is 0.326. The molecule has 0 unspecified atom stereocenters. The Hall–Kier alpha value is -3.06. The van der Waals surface area contributed by atoms with Crippen molar-refractivity contribution in [3.8, 4) is 11.3 Å². The summed E-state index contributed by atoms with van der Waals surface area (Å²) >= 11 is 0. The third-order valence-corrected chi connectivity index (χ3v) is 4.44. The van der Waals surface area contributed by atoms with Crippen LogP contribution in [0.25, 0.3) is 43.8 Å². The van der Waals surface area contributed by atoms with Crippen molar-refractivity contribution in [2.45, 2.75) is 0 Å². The lowest BCUT2D eigenvalue weighted by molar-refractivity contribution is 0.632. The number of fused-ring (bicyclic) bond motifs is 3. The van der Waals surface area contributed by atoms with Gasteiger partial charge in [0.05, 0.1) is 0 Å². The molecule has 0 N–H and O–H groups in total. The highest BCUT2D eigenvalue weighted by atomic mass is 16.3. The first-order valence-electron chi connectivity index (χ1n) is 7.79. The standard InChI is InChI=1S/C22H14O/c1-2-7-16-13-20-17(12-15(16)6-1)9-5-10-19(20)22-14-18-8-3-4-11-21(18)23-22/h1-14H. The summed E-state index contributed by atoms with van der Waals surface area (Å²) in [5, 5.41) is 6.12. The second-order valence-electron chi connectivity index (χ2n) is 5.87. The van der Waals surface area contributed by atoms with Gasteiger partial charge in [0.2, 0.25) is 0 Å². The Balaban J connectivity index is 1.84. The first-order chi connectivity index (χ1) is 11.4. The Kier molecular flexibility index (Phi) is 2.56. The molecular formula is C22H14O. The monoisotopic (exact) mass is 294 g/mol. The summed E-state index contributed by atoms with van der Waals surface area (Å²) in [5.41, 5.74) is 2.07. The summed E-state index contributed by atoms with van der Waals surface area (Å²) in [4.78, 5) is 0. The number of benzene rings is 4. The van der Waals surface area contributed by atoms with E-state index in [4.69, 9.17) is 4.42 Å². The van der Waals surface area contributed by atoms with Crippen molar-refractivity contribution in [3.63, 3.8) is 0 Å². The molecule has 0 bridgehead atoms. The zero-order valence-corrected chi connectivity index (χ0v) is 12.5. The summed E-state index contributed by atoms with van der Waals surface area (Å²) < 4.78 is 6.07. The third-order valence-electron chi connectivity index (χ3n) is 4.44. The highest BCUT2D eigenvalue weighted by Crippen LogP contribution is 2.34. The van der Waals surface area contributed by atoms with Crippen LogP contribution >= 0.6 is 0 Å². The van der Waals surface area contributed by atoms with E-state index in [1.165, 1.54) is 21.5 Å². The smallest absolute Gasteiger partial charge is 0.136 e. The molecule has 1 heteroatoms. The van der Waals surface area contributed by atoms with E-state index in [2.05, 4.69) is 66.7 Å². The first-order valence-corrected chi connectivity index (χ1v) is 7.79. The predicted octanol–water partition coefficient (Wildman–Crippen LogP) is 6.41. The van der Waals surface area contributed by atoms with E-state index in [9.17, 15) is 0 Å². The number of furan rings is 1. The Labute approximate surface area is 133 Å². The topological polar surface area (TPSA) is 13.1 Å². The Morgan fingerprint density at radius 1 is 0.522 bits per heavy atom. The van der Waals surface area contributed by atoms with Gasteiger partial charge in [0.1, 0.15) is 11.3 Å². The first kappa shape index (κ1) is 12.5. The molecular weight excluding hydrogens is 280 g/mol. The van der Waals surface area contributed by atoms with Crippen LogP contribution in [0.5, 0.6) is 0 Å². The van der Waals surface area contributed by atoms with Gasteiger partial charge in [0.25, 0.3) is 0 Å². The van der Waals surface area contributed by atoms with Crippen molar-refractivity contribution in [2.75, 3.05) is 0 Å².